The van der Waals surface area contributed by atoms with Gasteiger partial charge in [-0.2, -0.15) is 0 Å². The van der Waals surface area contributed by atoms with E-state index in [4.69, 9.17) is 4.74 Å². The fourth-order valence-electron chi connectivity index (χ4n) is 2.85. The molecule has 0 amide bonds. The summed E-state index contributed by atoms with van der Waals surface area (Å²) in [5.41, 5.74) is 1.94. The van der Waals surface area contributed by atoms with E-state index in [1.165, 1.54) is 7.11 Å². The summed E-state index contributed by atoms with van der Waals surface area (Å²) in [4.78, 5) is 31.8. The number of hydrogen-bond donors (Lipinski definition) is 1. The molecule has 1 aliphatic carbocycles. The summed E-state index contributed by atoms with van der Waals surface area (Å²) in [5.74, 6) is 0.281. The van der Waals surface area contributed by atoms with E-state index in [1.54, 1.807) is 24.4 Å². The van der Waals surface area contributed by atoms with Gasteiger partial charge in [0.2, 0.25) is 5.78 Å². The number of methoxy groups -OCH3 is 1. The van der Waals surface area contributed by atoms with Gasteiger partial charge in [-0.1, -0.05) is 12.1 Å². The summed E-state index contributed by atoms with van der Waals surface area (Å²) in [6.45, 7) is 0. The summed E-state index contributed by atoms with van der Waals surface area (Å²) >= 11 is 0. The van der Waals surface area contributed by atoms with E-state index in [1.807, 2.05) is 12.1 Å². The minimum absolute atomic E-state index is 0.157. The second kappa shape index (κ2) is 4.02. The third kappa shape index (κ3) is 1.43. The van der Waals surface area contributed by atoms with Crippen molar-refractivity contribution in [2.45, 2.75) is 0 Å². The van der Waals surface area contributed by atoms with Crippen LogP contribution in [-0.4, -0.2) is 22.9 Å². The minimum atomic E-state index is -0.412. The number of rotatable bonds is 1. The Bertz CT molecular complexity index is 973. The fraction of sp³-hybridized carbons (Fsp3) is 0.0625. The van der Waals surface area contributed by atoms with Gasteiger partial charge < -0.3 is 9.72 Å². The van der Waals surface area contributed by atoms with Gasteiger partial charge in [0.25, 0.3) is 5.56 Å². The van der Waals surface area contributed by atoms with Crippen LogP contribution in [0.3, 0.4) is 0 Å². The van der Waals surface area contributed by atoms with Gasteiger partial charge in [0, 0.05) is 22.7 Å². The van der Waals surface area contributed by atoms with Crippen LogP contribution in [-0.2, 0) is 0 Å². The van der Waals surface area contributed by atoms with Crippen LogP contribution >= 0.6 is 0 Å². The molecule has 21 heavy (non-hydrogen) atoms. The number of para-hydroxylation sites is 1. The topological polar surface area (TPSA) is 72.1 Å². The maximum absolute atomic E-state index is 12.4. The van der Waals surface area contributed by atoms with Crippen molar-refractivity contribution in [2.75, 3.05) is 7.11 Å². The van der Waals surface area contributed by atoms with E-state index in [0.717, 1.165) is 5.39 Å². The Labute approximate surface area is 119 Å². The largest absolute Gasteiger partial charge is 0.495 e. The zero-order chi connectivity index (χ0) is 14.6. The van der Waals surface area contributed by atoms with E-state index < -0.39 is 5.56 Å². The Morgan fingerprint density at radius 1 is 1.10 bits per heavy atom. The molecule has 0 aliphatic heterocycles. The summed E-state index contributed by atoms with van der Waals surface area (Å²) in [5, 5.41) is 0.759. The molecule has 0 atom stereocenters. The molecule has 0 saturated carbocycles. The average Bonchev–Trinajstić information content (AvgIpc) is 2.82. The first-order valence-corrected chi connectivity index (χ1v) is 6.45. The number of ether oxygens (including phenoxy) is 1. The number of nitrogens with one attached hydrogen (secondary N) is 1. The average molecular weight is 278 g/mol. The second-order valence-electron chi connectivity index (χ2n) is 4.82. The lowest BCUT2D eigenvalue weighted by molar-refractivity contribution is 0.104. The molecule has 4 rings (SSSR count). The van der Waals surface area contributed by atoms with Crippen molar-refractivity contribution in [1.82, 2.24) is 9.97 Å². The zero-order valence-electron chi connectivity index (χ0n) is 11.1. The quantitative estimate of drug-likeness (QED) is 0.579. The lowest BCUT2D eigenvalue weighted by Gasteiger charge is -2.08. The van der Waals surface area contributed by atoms with Crippen LogP contribution < -0.4 is 10.3 Å². The van der Waals surface area contributed by atoms with E-state index in [9.17, 15) is 9.59 Å². The Morgan fingerprint density at radius 3 is 2.76 bits per heavy atom. The Hall–Kier alpha value is -2.95. The van der Waals surface area contributed by atoms with Crippen LogP contribution in [0.25, 0.3) is 22.2 Å². The Morgan fingerprint density at radius 2 is 1.95 bits per heavy atom. The lowest BCUT2D eigenvalue weighted by atomic mass is 10.0. The molecule has 0 unspecified atom stereocenters. The first kappa shape index (κ1) is 11.8. The van der Waals surface area contributed by atoms with E-state index >= 15 is 0 Å². The van der Waals surface area contributed by atoms with Crippen molar-refractivity contribution in [3.8, 4) is 17.0 Å². The van der Waals surface area contributed by atoms with Crippen LogP contribution in [0.1, 0.15) is 15.9 Å². The third-order valence-electron chi connectivity index (χ3n) is 3.75. The second-order valence-corrected chi connectivity index (χ2v) is 4.82. The van der Waals surface area contributed by atoms with Crippen molar-refractivity contribution in [2.24, 2.45) is 0 Å². The molecular weight excluding hydrogens is 268 g/mol. The van der Waals surface area contributed by atoms with Crippen LogP contribution in [0.4, 0.5) is 0 Å². The van der Waals surface area contributed by atoms with Crippen LogP contribution in [0.15, 0.2) is 41.3 Å². The first-order valence-electron chi connectivity index (χ1n) is 6.45. The number of pyridine rings is 2. The number of aromatic amines is 1. The molecule has 1 aliphatic rings. The monoisotopic (exact) mass is 278 g/mol. The molecule has 0 bridgehead atoms. The van der Waals surface area contributed by atoms with Crippen molar-refractivity contribution in [1.29, 1.82) is 0 Å². The van der Waals surface area contributed by atoms with Crippen molar-refractivity contribution in [3.05, 3.63) is 58.0 Å². The lowest BCUT2D eigenvalue weighted by Crippen LogP contribution is -2.16. The summed E-state index contributed by atoms with van der Waals surface area (Å²) in [7, 11) is 1.54. The van der Waals surface area contributed by atoms with Crippen LogP contribution in [0.2, 0.25) is 0 Å². The molecule has 2 aromatic heterocycles. The highest BCUT2D eigenvalue weighted by atomic mass is 16.5. The minimum Gasteiger partial charge on any atom is -0.495 e. The van der Waals surface area contributed by atoms with Gasteiger partial charge in [0.05, 0.1) is 23.9 Å². The molecule has 1 N–H and O–H groups in total. The number of hydrogen-bond acceptors (Lipinski definition) is 4. The van der Waals surface area contributed by atoms with Gasteiger partial charge in [-0.15, -0.1) is 0 Å². The van der Waals surface area contributed by atoms with Crippen molar-refractivity contribution in [3.63, 3.8) is 0 Å². The highest BCUT2D eigenvalue weighted by Gasteiger charge is 2.32. The number of benzene rings is 1. The molecule has 3 aromatic rings. The van der Waals surface area contributed by atoms with E-state index in [0.29, 0.717) is 28.1 Å². The molecule has 5 nitrogen and oxygen atoms in total. The van der Waals surface area contributed by atoms with Gasteiger partial charge in [-0.05, 0) is 18.2 Å². The summed E-state index contributed by atoms with van der Waals surface area (Å²) in [6, 6.07) is 8.82. The number of carbonyl (C=O) groups excluding carboxylic acids is 1. The standard InChI is InChI=1S/C16H10N2O3/c1-21-10-6-2-4-8-11-12(16(20)18-13(8)10)15(19)9-5-3-7-17-14(9)11/h2-7H,1H3,(H,18,20). The molecule has 2 heterocycles. The van der Waals surface area contributed by atoms with Gasteiger partial charge >= 0.3 is 0 Å². The van der Waals surface area contributed by atoms with Gasteiger partial charge in [-0.25, -0.2) is 0 Å². The number of carbonyl (C=O) groups is 1. The predicted octanol–water partition coefficient (Wildman–Crippen LogP) is 2.14. The van der Waals surface area contributed by atoms with Crippen LogP contribution in [0.5, 0.6) is 5.75 Å². The van der Waals surface area contributed by atoms with Gasteiger partial charge in [0.15, 0.2) is 0 Å². The predicted molar refractivity (Wildman–Crippen MR) is 77.8 cm³/mol. The summed E-state index contributed by atoms with van der Waals surface area (Å²) < 4.78 is 5.28. The third-order valence-corrected chi connectivity index (χ3v) is 3.75. The van der Waals surface area contributed by atoms with E-state index in [-0.39, 0.29) is 11.3 Å². The maximum atomic E-state index is 12.4. The first-order chi connectivity index (χ1) is 10.2. The number of ketones is 1. The molecule has 0 radical (unpaired) electrons. The Kier molecular flexibility index (Phi) is 2.27. The number of aromatic nitrogens is 2. The fourth-order valence-corrected chi connectivity index (χ4v) is 2.85. The highest BCUT2D eigenvalue weighted by molar-refractivity contribution is 6.24. The molecule has 102 valence electrons. The highest BCUT2D eigenvalue weighted by Crippen LogP contribution is 2.39. The SMILES string of the molecule is COc1cccc2c3c(c(=O)[nH]c12)C(=O)c1cccnc1-3. The molecular formula is C16H10N2O3. The summed E-state index contributed by atoms with van der Waals surface area (Å²) in [6.07, 6.45) is 1.62. The number of nitrogens with zero attached hydrogens (tertiary/aromatic N) is 1. The van der Waals surface area contributed by atoms with Gasteiger partial charge in [0.1, 0.15) is 5.75 Å². The van der Waals surface area contributed by atoms with Crippen LogP contribution in [0, 0.1) is 0 Å². The Balaban J connectivity index is 2.25. The normalized spacial score (nSPS) is 12.3. The molecule has 0 spiro atoms. The zero-order valence-corrected chi connectivity index (χ0v) is 11.1. The molecule has 5 heteroatoms. The van der Waals surface area contributed by atoms with Crippen molar-refractivity contribution >= 4 is 16.7 Å². The smallest absolute Gasteiger partial charge is 0.260 e. The van der Waals surface area contributed by atoms with Crippen molar-refractivity contribution < 1.29 is 9.53 Å². The molecule has 0 fully saturated rings. The number of fused-ring (bicyclic) bond motifs is 5. The van der Waals surface area contributed by atoms with E-state index in [2.05, 4.69) is 9.97 Å². The molecule has 0 saturated heterocycles. The van der Waals surface area contributed by atoms with Gasteiger partial charge in [-0.3, -0.25) is 14.6 Å². The number of H-pyrrole nitrogens is 1. The molecule has 1 aromatic carbocycles. The maximum Gasteiger partial charge on any atom is 0.260 e.